The molecule has 1 amide bonds. The van der Waals surface area contributed by atoms with Gasteiger partial charge in [0.25, 0.3) is 0 Å². The third-order valence-electron chi connectivity index (χ3n) is 3.89. The maximum Gasteiger partial charge on any atom is 0.224 e. The zero-order valence-corrected chi connectivity index (χ0v) is 16.3. The van der Waals surface area contributed by atoms with E-state index in [-0.39, 0.29) is 5.91 Å². The van der Waals surface area contributed by atoms with E-state index in [1.165, 1.54) is 11.8 Å². The van der Waals surface area contributed by atoms with Crippen molar-refractivity contribution >= 4 is 46.2 Å². The van der Waals surface area contributed by atoms with Crippen molar-refractivity contribution < 1.29 is 4.79 Å². The first-order valence-corrected chi connectivity index (χ1v) is 10.8. The molecule has 0 bridgehead atoms. The Bertz CT molecular complexity index is 832. The Hall–Kier alpha value is -1.99. The third-order valence-corrected chi connectivity index (χ3v) is 5.56. The first kappa shape index (κ1) is 18.8. The summed E-state index contributed by atoms with van der Waals surface area (Å²) in [5, 5.41) is 4.76. The first-order chi connectivity index (χ1) is 12.8. The number of hydrogen-bond acceptors (Lipinski definition) is 5. The van der Waals surface area contributed by atoms with Crippen molar-refractivity contribution in [2.75, 3.05) is 17.3 Å². The number of unbranched alkanes of at least 4 members (excludes halogenated alkanes) is 2. The lowest BCUT2D eigenvalue weighted by Gasteiger charge is -2.08. The predicted molar refractivity (Wildman–Crippen MR) is 110 cm³/mol. The van der Waals surface area contributed by atoms with E-state index in [1.807, 2.05) is 42.7 Å². The minimum absolute atomic E-state index is 0.0539. The number of carbonyl (C=O) groups excluding carboxylic acids is 1. The molecule has 0 aliphatic rings. The number of carbonyl (C=O) groups is 1. The Labute approximate surface area is 161 Å². The van der Waals surface area contributed by atoms with Crippen LogP contribution in [0.3, 0.4) is 0 Å². The lowest BCUT2D eigenvalue weighted by atomic mass is 10.2. The fraction of sp³-hybridized carbons (Fsp3) is 0.316. The molecule has 0 saturated carbocycles. The molecular weight excluding hydrogens is 364 g/mol. The molecule has 2 N–H and O–H groups in total. The number of anilines is 1. The number of nitrogens with zero attached hydrogens (tertiary/aromatic N) is 2. The van der Waals surface area contributed by atoms with E-state index in [0.717, 1.165) is 51.9 Å². The number of aromatic nitrogens is 3. The van der Waals surface area contributed by atoms with E-state index < -0.39 is 0 Å². The molecule has 0 atom stereocenters. The second kappa shape index (κ2) is 9.64. The van der Waals surface area contributed by atoms with E-state index in [9.17, 15) is 4.79 Å². The number of para-hydroxylation sites is 2. The largest absolute Gasteiger partial charge is 0.333 e. The van der Waals surface area contributed by atoms with Crippen LogP contribution < -0.4 is 5.32 Å². The Morgan fingerprint density at radius 2 is 2.04 bits per heavy atom. The van der Waals surface area contributed by atoms with Crippen LogP contribution in [-0.4, -0.2) is 32.9 Å². The van der Waals surface area contributed by atoms with Gasteiger partial charge in [-0.1, -0.05) is 30.3 Å². The Morgan fingerprint density at radius 3 is 2.88 bits per heavy atom. The lowest BCUT2D eigenvalue weighted by molar-refractivity contribution is -0.116. The molecule has 3 rings (SSSR count). The highest BCUT2D eigenvalue weighted by Gasteiger charge is 2.07. The van der Waals surface area contributed by atoms with E-state index in [0.29, 0.717) is 6.42 Å². The van der Waals surface area contributed by atoms with Gasteiger partial charge in [0.2, 0.25) is 5.91 Å². The highest BCUT2D eigenvalue weighted by atomic mass is 32.2. The van der Waals surface area contributed by atoms with Gasteiger partial charge in [-0.3, -0.25) is 4.79 Å². The summed E-state index contributed by atoms with van der Waals surface area (Å²) in [6.45, 7) is 0. The SMILES string of the molecule is CSc1ncccc1NC(=O)CCCCCSc1nc2ccccc2[nH]1. The number of hydrogen-bond donors (Lipinski definition) is 2. The predicted octanol–water partition coefficient (Wildman–Crippen LogP) is 4.97. The van der Waals surface area contributed by atoms with Crippen LogP contribution in [-0.2, 0) is 4.79 Å². The van der Waals surface area contributed by atoms with Gasteiger partial charge in [0.1, 0.15) is 5.03 Å². The zero-order valence-electron chi connectivity index (χ0n) is 14.7. The lowest BCUT2D eigenvalue weighted by Crippen LogP contribution is -2.12. The number of fused-ring (bicyclic) bond motifs is 1. The number of benzene rings is 1. The maximum atomic E-state index is 12.1. The molecule has 3 aromatic rings. The molecule has 7 heteroatoms. The van der Waals surface area contributed by atoms with Crippen LogP contribution in [0.25, 0.3) is 11.0 Å². The van der Waals surface area contributed by atoms with Crippen molar-refractivity contribution in [1.29, 1.82) is 0 Å². The first-order valence-electron chi connectivity index (χ1n) is 8.62. The van der Waals surface area contributed by atoms with Crippen molar-refractivity contribution in [2.24, 2.45) is 0 Å². The van der Waals surface area contributed by atoms with E-state index >= 15 is 0 Å². The van der Waals surface area contributed by atoms with E-state index in [2.05, 4.69) is 20.3 Å². The summed E-state index contributed by atoms with van der Waals surface area (Å²) in [6, 6.07) is 11.8. The van der Waals surface area contributed by atoms with E-state index in [1.54, 1.807) is 18.0 Å². The molecule has 0 aliphatic heterocycles. The van der Waals surface area contributed by atoms with Crippen LogP contribution in [0.4, 0.5) is 5.69 Å². The molecular formula is C19H22N4OS2. The summed E-state index contributed by atoms with van der Waals surface area (Å²) in [5.41, 5.74) is 2.88. The molecule has 26 heavy (non-hydrogen) atoms. The molecule has 0 spiro atoms. The molecule has 5 nitrogen and oxygen atoms in total. The highest BCUT2D eigenvalue weighted by molar-refractivity contribution is 7.99. The quantitative estimate of drug-likeness (QED) is 0.401. The van der Waals surface area contributed by atoms with Crippen LogP contribution in [0.1, 0.15) is 25.7 Å². The summed E-state index contributed by atoms with van der Waals surface area (Å²) in [4.78, 5) is 24.2. The van der Waals surface area contributed by atoms with Gasteiger partial charge in [-0.15, -0.1) is 11.8 Å². The number of pyridine rings is 1. The molecule has 0 aliphatic carbocycles. The minimum atomic E-state index is 0.0539. The minimum Gasteiger partial charge on any atom is -0.333 e. The Balaban J connectivity index is 1.33. The number of rotatable bonds is 9. The van der Waals surface area contributed by atoms with Gasteiger partial charge in [0, 0.05) is 18.4 Å². The van der Waals surface area contributed by atoms with Crippen molar-refractivity contribution in [1.82, 2.24) is 15.0 Å². The van der Waals surface area contributed by atoms with Gasteiger partial charge in [-0.05, 0) is 43.4 Å². The van der Waals surface area contributed by atoms with Crippen molar-refractivity contribution in [3.63, 3.8) is 0 Å². The zero-order chi connectivity index (χ0) is 18.2. The number of imidazole rings is 1. The van der Waals surface area contributed by atoms with Crippen LogP contribution in [0.15, 0.2) is 52.8 Å². The molecule has 136 valence electrons. The monoisotopic (exact) mass is 386 g/mol. The molecule has 2 aromatic heterocycles. The average Bonchev–Trinajstić information content (AvgIpc) is 3.08. The molecule has 0 saturated heterocycles. The molecule has 0 fully saturated rings. The standard InChI is InChI=1S/C19H22N4OS2/c1-25-18-16(10-7-12-20-18)21-17(24)11-3-2-6-13-26-19-22-14-8-4-5-9-15(14)23-19/h4-5,7-10,12H,2-3,6,11,13H2,1H3,(H,21,24)(H,22,23). The topological polar surface area (TPSA) is 70.7 Å². The molecule has 2 heterocycles. The number of H-pyrrole nitrogens is 1. The third kappa shape index (κ3) is 5.25. The van der Waals surface area contributed by atoms with Gasteiger partial charge < -0.3 is 10.3 Å². The van der Waals surface area contributed by atoms with Crippen LogP contribution in [0, 0.1) is 0 Å². The maximum absolute atomic E-state index is 12.1. The van der Waals surface area contributed by atoms with Gasteiger partial charge in [-0.25, -0.2) is 9.97 Å². The smallest absolute Gasteiger partial charge is 0.224 e. The summed E-state index contributed by atoms with van der Waals surface area (Å²) >= 11 is 3.27. The second-order valence-corrected chi connectivity index (χ2v) is 7.71. The van der Waals surface area contributed by atoms with Crippen LogP contribution in [0.5, 0.6) is 0 Å². The highest BCUT2D eigenvalue weighted by Crippen LogP contribution is 2.23. The number of aromatic amines is 1. The fourth-order valence-corrected chi connectivity index (χ4v) is 3.98. The fourth-order valence-electron chi connectivity index (χ4n) is 2.59. The Morgan fingerprint density at radius 1 is 1.15 bits per heavy atom. The van der Waals surface area contributed by atoms with Gasteiger partial charge in [-0.2, -0.15) is 0 Å². The van der Waals surface area contributed by atoms with Gasteiger partial charge in [0.05, 0.1) is 16.7 Å². The summed E-state index contributed by atoms with van der Waals surface area (Å²) in [6.07, 6.45) is 7.22. The van der Waals surface area contributed by atoms with Gasteiger partial charge >= 0.3 is 0 Å². The summed E-state index contributed by atoms with van der Waals surface area (Å²) in [5.74, 6) is 1.05. The van der Waals surface area contributed by atoms with Gasteiger partial charge in [0.15, 0.2) is 5.16 Å². The summed E-state index contributed by atoms with van der Waals surface area (Å²) in [7, 11) is 0. The van der Waals surface area contributed by atoms with Crippen molar-refractivity contribution in [2.45, 2.75) is 35.9 Å². The second-order valence-electron chi connectivity index (χ2n) is 5.83. The van der Waals surface area contributed by atoms with Crippen molar-refractivity contribution in [3.05, 3.63) is 42.6 Å². The molecule has 0 radical (unpaired) electrons. The number of nitrogens with one attached hydrogen (secondary N) is 2. The van der Waals surface area contributed by atoms with Crippen LogP contribution >= 0.6 is 23.5 Å². The number of amides is 1. The normalized spacial score (nSPS) is 11.0. The average molecular weight is 387 g/mol. The summed E-state index contributed by atoms with van der Waals surface area (Å²) < 4.78 is 0. The molecule has 0 unspecified atom stereocenters. The van der Waals surface area contributed by atoms with Crippen molar-refractivity contribution in [3.8, 4) is 0 Å². The molecule has 1 aromatic carbocycles. The van der Waals surface area contributed by atoms with Crippen LogP contribution in [0.2, 0.25) is 0 Å². The van der Waals surface area contributed by atoms with E-state index in [4.69, 9.17) is 0 Å². The Kier molecular flexibility index (Phi) is 6.96. The number of thioether (sulfide) groups is 2.